The molecule has 0 aliphatic carbocycles. The Morgan fingerprint density at radius 1 is 0.848 bits per heavy atom. The molecule has 3 aromatic carbocycles. The zero-order chi connectivity index (χ0) is 22.6. The van der Waals surface area contributed by atoms with Gasteiger partial charge in [-0.15, -0.1) is 0 Å². The molecular weight excluding hydrogens is 440 g/mol. The molecule has 6 rings (SSSR count). The van der Waals surface area contributed by atoms with Crippen molar-refractivity contribution >= 4 is 43.7 Å². The maximum absolute atomic E-state index is 13.4. The number of fused-ring (bicyclic) bond motifs is 4. The van der Waals surface area contributed by atoms with Crippen LogP contribution in [0.25, 0.3) is 21.9 Å². The summed E-state index contributed by atoms with van der Waals surface area (Å²) in [5.41, 5.74) is 3.22. The van der Waals surface area contributed by atoms with Crippen LogP contribution in [0.2, 0.25) is 0 Å². The molecular formula is C25H22N2O5S. The topological polar surface area (TPSA) is 80.1 Å². The van der Waals surface area contributed by atoms with Gasteiger partial charge in [0, 0.05) is 35.5 Å². The molecule has 4 aromatic rings. The molecule has 1 amide bonds. The summed E-state index contributed by atoms with van der Waals surface area (Å²) in [5.74, 6) is 0. The van der Waals surface area contributed by atoms with Crippen molar-refractivity contribution < 1.29 is 22.4 Å². The fraction of sp³-hybridized carbons (Fsp3) is 0.240. The SMILES string of the molecule is O=C1OCc2ccccc2N1C1CCN(S(=O)(=O)c2ccc3oc4ccccc4c3c2)CC1. The van der Waals surface area contributed by atoms with Crippen molar-refractivity contribution in [2.24, 2.45) is 0 Å². The van der Waals surface area contributed by atoms with E-state index in [-0.39, 0.29) is 23.6 Å². The van der Waals surface area contributed by atoms with E-state index in [0.717, 1.165) is 27.6 Å². The van der Waals surface area contributed by atoms with Crippen LogP contribution in [0.15, 0.2) is 76.0 Å². The first kappa shape index (κ1) is 20.3. The summed E-state index contributed by atoms with van der Waals surface area (Å²) in [4.78, 5) is 14.5. The lowest BCUT2D eigenvalue weighted by molar-refractivity contribution is 0.136. The Kier molecular flexibility index (Phi) is 4.67. The minimum atomic E-state index is -3.67. The van der Waals surface area contributed by atoms with Crippen LogP contribution in [-0.4, -0.2) is 37.9 Å². The molecule has 0 radical (unpaired) electrons. The van der Waals surface area contributed by atoms with Gasteiger partial charge in [-0.3, -0.25) is 4.90 Å². The van der Waals surface area contributed by atoms with Gasteiger partial charge in [-0.05, 0) is 43.2 Å². The predicted octanol–water partition coefficient (Wildman–Crippen LogP) is 4.90. The van der Waals surface area contributed by atoms with Crippen LogP contribution in [0.4, 0.5) is 10.5 Å². The summed E-state index contributed by atoms with van der Waals surface area (Å²) in [5, 5.41) is 1.68. The number of benzene rings is 3. The van der Waals surface area contributed by atoms with Gasteiger partial charge in [-0.25, -0.2) is 13.2 Å². The lowest BCUT2D eigenvalue weighted by Crippen LogP contribution is -2.50. The molecule has 168 valence electrons. The summed E-state index contributed by atoms with van der Waals surface area (Å²) in [7, 11) is -3.67. The highest BCUT2D eigenvalue weighted by molar-refractivity contribution is 7.89. The fourth-order valence-corrected chi connectivity index (χ4v) is 6.37. The molecule has 0 spiro atoms. The normalized spacial score (nSPS) is 17.9. The molecule has 1 saturated heterocycles. The third-order valence-corrected chi connectivity index (χ3v) is 8.47. The molecule has 8 heteroatoms. The molecule has 1 aromatic heterocycles. The molecule has 0 saturated carbocycles. The molecule has 0 N–H and O–H groups in total. The second-order valence-corrected chi connectivity index (χ2v) is 10.4. The van der Waals surface area contributed by atoms with Crippen LogP contribution < -0.4 is 4.90 Å². The number of hydrogen-bond acceptors (Lipinski definition) is 5. The van der Waals surface area contributed by atoms with E-state index in [1.54, 1.807) is 23.1 Å². The van der Waals surface area contributed by atoms with Gasteiger partial charge in [-0.2, -0.15) is 4.31 Å². The monoisotopic (exact) mass is 462 g/mol. The van der Waals surface area contributed by atoms with Crippen molar-refractivity contribution in [3.63, 3.8) is 0 Å². The van der Waals surface area contributed by atoms with Gasteiger partial charge in [0.25, 0.3) is 0 Å². The predicted molar refractivity (Wildman–Crippen MR) is 125 cm³/mol. The van der Waals surface area contributed by atoms with Crippen LogP contribution in [0.5, 0.6) is 0 Å². The average Bonchev–Trinajstić information content (AvgIpc) is 3.22. The smallest absolute Gasteiger partial charge is 0.414 e. The lowest BCUT2D eigenvalue weighted by Gasteiger charge is -2.39. The average molecular weight is 463 g/mol. The van der Waals surface area contributed by atoms with Crippen molar-refractivity contribution in [3.8, 4) is 0 Å². The van der Waals surface area contributed by atoms with Crippen molar-refractivity contribution in [2.75, 3.05) is 18.0 Å². The molecule has 2 aliphatic rings. The van der Waals surface area contributed by atoms with E-state index >= 15 is 0 Å². The summed E-state index contributed by atoms with van der Waals surface area (Å²) in [6.07, 6.45) is 0.714. The van der Waals surface area contributed by atoms with Gasteiger partial charge >= 0.3 is 6.09 Å². The number of sulfonamides is 1. The van der Waals surface area contributed by atoms with Crippen LogP contribution >= 0.6 is 0 Å². The van der Waals surface area contributed by atoms with E-state index in [1.807, 2.05) is 48.5 Å². The second kappa shape index (κ2) is 7.60. The van der Waals surface area contributed by atoms with Crippen LogP contribution in [0.3, 0.4) is 0 Å². The Bertz CT molecular complexity index is 1490. The van der Waals surface area contributed by atoms with E-state index < -0.39 is 10.0 Å². The van der Waals surface area contributed by atoms with Gasteiger partial charge in [0.15, 0.2) is 0 Å². The summed E-state index contributed by atoms with van der Waals surface area (Å²) in [6, 6.07) is 20.2. The molecule has 2 aliphatic heterocycles. The van der Waals surface area contributed by atoms with E-state index in [4.69, 9.17) is 9.15 Å². The first-order chi connectivity index (χ1) is 16.0. The first-order valence-electron chi connectivity index (χ1n) is 11.0. The highest BCUT2D eigenvalue weighted by Gasteiger charge is 2.37. The number of piperidine rings is 1. The molecule has 33 heavy (non-hydrogen) atoms. The molecule has 0 bridgehead atoms. The largest absolute Gasteiger partial charge is 0.456 e. The number of carbonyl (C=O) groups excluding carboxylic acids is 1. The van der Waals surface area contributed by atoms with E-state index in [1.165, 1.54) is 4.31 Å². The maximum Gasteiger partial charge on any atom is 0.414 e. The Balaban J connectivity index is 1.26. The highest BCUT2D eigenvalue weighted by atomic mass is 32.2. The number of anilines is 1. The van der Waals surface area contributed by atoms with Crippen molar-refractivity contribution in [1.82, 2.24) is 4.31 Å². The molecule has 0 atom stereocenters. The maximum atomic E-state index is 13.4. The van der Waals surface area contributed by atoms with E-state index in [0.29, 0.717) is 31.5 Å². The second-order valence-electron chi connectivity index (χ2n) is 8.44. The Morgan fingerprint density at radius 3 is 2.42 bits per heavy atom. The number of para-hydroxylation sites is 2. The first-order valence-corrected chi connectivity index (χ1v) is 12.4. The minimum absolute atomic E-state index is 0.106. The molecule has 7 nitrogen and oxygen atoms in total. The number of amides is 1. The quantitative estimate of drug-likeness (QED) is 0.433. The van der Waals surface area contributed by atoms with Gasteiger partial charge in [0.05, 0.1) is 10.6 Å². The number of rotatable bonds is 3. The lowest BCUT2D eigenvalue weighted by atomic mass is 10.0. The number of cyclic esters (lactones) is 1. The standard InChI is InChI=1S/C25H22N2O5S/c28-25-27(22-7-3-1-5-17(22)16-31-25)18-11-13-26(14-12-18)33(29,30)19-9-10-24-21(15-19)20-6-2-4-8-23(20)32-24/h1-10,15,18H,11-14,16H2. The number of nitrogens with zero attached hydrogens (tertiary/aromatic N) is 2. The number of furan rings is 1. The molecule has 0 unspecified atom stereocenters. The third-order valence-electron chi connectivity index (χ3n) is 6.57. The van der Waals surface area contributed by atoms with Gasteiger partial charge in [-0.1, -0.05) is 36.4 Å². The van der Waals surface area contributed by atoms with Crippen molar-refractivity contribution in [1.29, 1.82) is 0 Å². The minimum Gasteiger partial charge on any atom is -0.456 e. The zero-order valence-electron chi connectivity index (χ0n) is 17.8. The summed E-state index contributed by atoms with van der Waals surface area (Å²) in [6.45, 7) is 0.941. The zero-order valence-corrected chi connectivity index (χ0v) is 18.6. The number of carbonyl (C=O) groups is 1. The summed E-state index contributed by atoms with van der Waals surface area (Å²) >= 11 is 0. The molecule has 1 fully saturated rings. The van der Waals surface area contributed by atoms with Crippen LogP contribution in [0, 0.1) is 0 Å². The third kappa shape index (κ3) is 3.29. The van der Waals surface area contributed by atoms with Crippen LogP contribution in [-0.2, 0) is 21.4 Å². The van der Waals surface area contributed by atoms with Crippen LogP contribution in [0.1, 0.15) is 18.4 Å². The highest BCUT2D eigenvalue weighted by Crippen LogP contribution is 2.34. The summed E-state index contributed by atoms with van der Waals surface area (Å²) < 4.78 is 39.5. The number of ether oxygens (including phenoxy) is 1. The van der Waals surface area contributed by atoms with Crippen molar-refractivity contribution in [2.45, 2.75) is 30.4 Å². The van der Waals surface area contributed by atoms with E-state index in [9.17, 15) is 13.2 Å². The Morgan fingerprint density at radius 2 is 1.58 bits per heavy atom. The Hall–Kier alpha value is -3.36. The molecule has 3 heterocycles. The van der Waals surface area contributed by atoms with Gasteiger partial charge in [0.1, 0.15) is 17.8 Å². The Labute approximate surface area is 191 Å². The van der Waals surface area contributed by atoms with Gasteiger partial charge < -0.3 is 9.15 Å². The number of hydrogen-bond donors (Lipinski definition) is 0. The van der Waals surface area contributed by atoms with Crippen molar-refractivity contribution in [3.05, 3.63) is 72.3 Å². The fourth-order valence-electron chi connectivity index (χ4n) is 4.88. The van der Waals surface area contributed by atoms with Gasteiger partial charge in [0.2, 0.25) is 10.0 Å². The van der Waals surface area contributed by atoms with E-state index in [2.05, 4.69) is 0 Å².